The summed E-state index contributed by atoms with van der Waals surface area (Å²) in [7, 11) is 0. The van der Waals surface area contributed by atoms with Gasteiger partial charge in [0.25, 0.3) is 0 Å². The van der Waals surface area contributed by atoms with Gasteiger partial charge >= 0.3 is 11.9 Å². The van der Waals surface area contributed by atoms with Crippen molar-refractivity contribution in [1.82, 2.24) is 4.90 Å². The number of nitrogens with zero attached hydrogens (tertiary/aromatic N) is 1. The number of benzene rings is 1. The zero-order chi connectivity index (χ0) is 18.8. The van der Waals surface area contributed by atoms with Gasteiger partial charge in [-0.1, -0.05) is 32.9 Å². The number of likely N-dealkylation sites (N-methyl/N-ethyl adjacent to an activating group) is 1. The van der Waals surface area contributed by atoms with E-state index in [-0.39, 0.29) is 37.2 Å². The van der Waals surface area contributed by atoms with E-state index in [0.29, 0.717) is 24.3 Å². The molecule has 0 saturated heterocycles. The average Bonchev–Trinajstić information content (AvgIpc) is 2.64. The van der Waals surface area contributed by atoms with E-state index in [0.717, 1.165) is 0 Å². The molecule has 1 aromatic carbocycles. The molecular formula is C19H27NO5. The number of ether oxygens (including phenoxy) is 2. The Balaban J connectivity index is 3.06. The summed E-state index contributed by atoms with van der Waals surface area (Å²) < 4.78 is 10.8. The van der Waals surface area contributed by atoms with Gasteiger partial charge in [0.1, 0.15) is 11.9 Å². The standard InChI is InChI=1S/C19H27NO5/c1-5-17(21)20(8-4)13-16(25-19(23)7-3)14-10-9-11-15(12-14)24-18(22)6-2/h9-12,16H,5-8,13H2,1-4H3. The fourth-order valence-corrected chi connectivity index (χ4v) is 2.27. The SMILES string of the molecule is CCC(=O)Oc1cccc(C(CN(CC)C(=O)CC)OC(=O)CC)c1. The number of esters is 2. The second-order valence-electron chi connectivity index (χ2n) is 5.52. The maximum absolute atomic E-state index is 12.0. The van der Waals surface area contributed by atoms with Gasteiger partial charge in [0.2, 0.25) is 5.91 Å². The summed E-state index contributed by atoms with van der Waals surface area (Å²) >= 11 is 0. The Labute approximate surface area is 149 Å². The van der Waals surface area contributed by atoms with Crippen LogP contribution in [0.25, 0.3) is 0 Å². The Hall–Kier alpha value is -2.37. The van der Waals surface area contributed by atoms with E-state index in [1.807, 2.05) is 6.92 Å². The molecule has 0 spiro atoms. The molecule has 0 aliphatic heterocycles. The Morgan fingerprint density at radius 3 is 2.24 bits per heavy atom. The molecule has 0 aliphatic rings. The van der Waals surface area contributed by atoms with Crippen molar-refractivity contribution in [2.75, 3.05) is 13.1 Å². The molecule has 1 amide bonds. The second kappa shape index (κ2) is 10.5. The summed E-state index contributed by atoms with van der Waals surface area (Å²) in [5.41, 5.74) is 0.686. The third-order valence-corrected chi connectivity index (χ3v) is 3.74. The van der Waals surface area contributed by atoms with Gasteiger partial charge in [-0.15, -0.1) is 0 Å². The smallest absolute Gasteiger partial charge is 0.310 e. The molecule has 1 rings (SSSR count). The van der Waals surface area contributed by atoms with Crippen LogP contribution in [0.3, 0.4) is 0 Å². The van der Waals surface area contributed by atoms with Crippen LogP contribution in [0, 0.1) is 0 Å². The molecule has 6 nitrogen and oxygen atoms in total. The molecule has 6 heteroatoms. The summed E-state index contributed by atoms with van der Waals surface area (Å²) in [6.45, 7) is 7.90. The van der Waals surface area contributed by atoms with Crippen molar-refractivity contribution >= 4 is 17.8 Å². The first-order chi connectivity index (χ1) is 11.9. The minimum atomic E-state index is -0.608. The molecule has 0 fully saturated rings. The van der Waals surface area contributed by atoms with Crippen LogP contribution < -0.4 is 4.74 Å². The maximum atomic E-state index is 12.0. The zero-order valence-electron chi connectivity index (χ0n) is 15.4. The molecule has 0 N–H and O–H groups in total. The van der Waals surface area contributed by atoms with Crippen molar-refractivity contribution in [2.45, 2.75) is 53.1 Å². The third-order valence-electron chi connectivity index (χ3n) is 3.74. The molecule has 0 saturated carbocycles. The molecule has 0 aromatic heterocycles. The van der Waals surface area contributed by atoms with Gasteiger partial charge in [-0.25, -0.2) is 0 Å². The lowest BCUT2D eigenvalue weighted by Gasteiger charge is -2.27. The van der Waals surface area contributed by atoms with E-state index in [1.54, 1.807) is 49.9 Å². The van der Waals surface area contributed by atoms with Crippen LogP contribution in [0.5, 0.6) is 5.75 Å². The fraction of sp³-hybridized carbons (Fsp3) is 0.526. The molecule has 0 aliphatic carbocycles. The lowest BCUT2D eigenvalue weighted by molar-refractivity contribution is -0.152. The lowest BCUT2D eigenvalue weighted by atomic mass is 10.1. The summed E-state index contributed by atoms with van der Waals surface area (Å²) in [6.07, 6.45) is 0.293. The Morgan fingerprint density at radius 2 is 1.68 bits per heavy atom. The molecule has 0 bridgehead atoms. The minimum Gasteiger partial charge on any atom is -0.456 e. The summed E-state index contributed by atoms with van der Waals surface area (Å²) in [5.74, 6) is -0.295. The summed E-state index contributed by atoms with van der Waals surface area (Å²) in [5, 5.41) is 0. The van der Waals surface area contributed by atoms with E-state index < -0.39 is 6.10 Å². The average molecular weight is 349 g/mol. The highest BCUT2D eigenvalue weighted by Gasteiger charge is 2.22. The van der Waals surface area contributed by atoms with Crippen molar-refractivity contribution in [3.05, 3.63) is 29.8 Å². The van der Waals surface area contributed by atoms with Crippen molar-refractivity contribution < 1.29 is 23.9 Å². The fourth-order valence-electron chi connectivity index (χ4n) is 2.27. The monoisotopic (exact) mass is 349 g/mol. The summed E-state index contributed by atoms with van der Waals surface area (Å²) in [6, 6.07) is 6.87. The molecule has 1 unspecified atom stereocenters. The van der Waals surface area contributed by atoms with Crippen molar-refractivity contribution in [3.63, 3.8) is 0 Å². The normalized spacial score (nSPS) is 11.5. The van der Waals surface area contributed by atoms with Crippen molar-refractivity contribution in [2.24, 2.45) is 0 Å². The number of hydrogen-bond acceptors (Lipinski definition) is 5. The Kier molecular flexibility index (Phi) is 8.67. The second-order valence-corrected chi connectivity index (χ2v) is 5.52. The molecular weight excluding hydrogens is 322 g/mol. The van der Waals surface area contributed by atoms with E-state index in [9.17, 15) is 14.4 Å². The first kappa shape index (κ1) is 20.7. The number of hydrogen-bond donors (Lipinski definition) is 0. The highest BCUT2D eigenvalue weighted by atomic mass is 16.5. The minimum absolute atomic E-state index is 0.00591. The van der Waals surface area contributed by atoms with Crippen LogP contribution in [0.1, 0.15) is 58.6 Å². The predicted octanol–water partition coefficient (Wildman–Crippen LogP) is 3.25. The van der Waals surface area contributed by atoms with E-state index in [4.69, 9.17) is 9.47 Å². The first-order valence-corrected chi connectivity index (χ1v) is 8.72. The largest absolute Gasteiger partial charge is 0.456 e. The quantitative estimate of drug-likeness (QED) is 0.505. The van der Waals surface area contributed by atoms with E-state index >= 15 is 0 Å². The highest BCUT2D eigenvalue weighted by molar-refractivity contribution is 5.76. The van der Waals surface area contributed by atoms with Gasteiger partial charge in [-0.2, -0.15) is 0 Å². The molecule has 1 aromatic rings. The van der Waals surface area contributed by atoms with E-state index in [2.05, 4.69) is 0 Å². The van der Waals surface area contributed by atoms with Gasteiger partial charge in [-0.3, -0.25) is 14.4 Å². The topological polar surface area (TPSA) is 72.9 Å². The third kappa shape index (κ3) is 6.57. The van der Waals surface area contributed by atoms with Crippen molar-refractivity contribution in [3.8, 4) is 5.75 Å². The van der Waals surface area contributed by atoms with Gasteiger partial charge < -0.3 is 14.4 Å². The van der Waals surface area contributed by atoms with E-state index in [1.165, 1.54) is 0 Å². The van der Waals surface area contributed by atoms with Crippen LogP contribution in [0.4, 0.5) is 0 Å². The van der Waals surface area contributed by atoms with Gasteiger partial charge in [-0.05, 0) is 24.6 Å². The van der Waals surface area contributed by atoms with Crippen LogP contribution in [-0.4, -0.2) is 35.8 Å². The van der Waals surface area contributed by atoms with Crippen LogP contribution in [0.2, 0.25) is 0 Å². The number of amides is 1. The molecule has 1 atom stereocenters. The van der Waals surface area contributed by atoms with Gasteiger partial charge in [0.05, 0.1) is 6.54 Å². The Bertz CT molecular complexity index is 599. The van der Waals surface area contributed by atoms with Crippen LogP contribution in [-0.2, 0) is 19.1 Å². The number of carbonyl (C=O) groups excluding carboxylic acids is 3. The molecule has 0 radical (unpaired) electrons. The molecule has 0 heterocycles. The first-order valence-electron chi connectivity index (χ1n) is 8.72. The van der Waals surface area contributed by atoms with Crippen molar-refractivity contribution in [1.29, 1.82) is 0 Å². The molecule has 138 valence electrons. The van der Waals surface area contributed by atoms with Crippen LogP contribution in [0.15, 0.2) is 24.3 Å². The van der Waals surface area contributed by atoms with Crippen LogP contribution >= 0.6 is 0 Å². The Morgan fingerprint density at radius 1 is 1.00 bits per heavy atom. The number of carbonyl (C=O) groups is 3. The zero-order valence-corrected chi connectivity index (χ0v) is 15.4. The predicted molar refractivity (Wildman–Crippen MR) is 94.0 cm³/mol. The van der Waals surface area contributed by atoms with Gasteiger partial charge in [0.15, 0.2) is 0 Å². The number of rotatable bonds is 9. The van der Waals surface area contributed by atoms with Gasteiger partial charge in [0, 0.05) is 25.8 Å². The summed E-state index contributed by atoms with van der Waals surface area (Å²) in [4.78, 5) is 37.0. The maximum Gasteiger partial charge on any atom is 0.310 e. The molecule has 25 heavy (non-hydrogen) atoms. The highest BCUT2D eigenvalue weighted by Crippen LogP contribution is 2.24. The lowest BCUT2D eigenvalue weighted by Crippen LogP contribution is -2.35.